The average molecular weight is 464 g/mol. The highest BCUT2D eigenvalue weighted by molar-refractivity contribution is 7.89. The molecule has 4 rings (SSSR count). The number of nitrogens with zero attached hydrogens (tertiary/aromatic N) is 2. The van der Waals surface area contributed by atoms with E-state index >= 15 is 0 Å². The van der Waals surface area contributed by atoms with Gasteiger partial charge in [0.1, 0.15) is 5.75 Å². The van der Waals surface area contributed by atoms with Gasteiger partial charge in [0, 0.05) is 31.2 Å². The second-order valence-electron chi connectivity index (χ2n) is 7.86. The van der Waals surface area contributed by atoms with Crippen molar-refractivity contribution in [2.45, 2.75) is 24.2 Å². The zero-order valence-electron chi connectivity index (χ0n) is 17.4. The molecule has 7 nitrogen and oxygen atoms in total. The number of amides is 1. The topological polar surface area (TPSA) is 79.0 Å². The summed E-state index contributed by atoms with van der Waals surface area (Å²) < 4.78 is 32.9. The summed E-state index contributed by atoms with van der Waals surface area (Å²) in [6, 6.07) is 10.5. The first-order chi connectivity index (χ1) is 14.9. The molecule has 31 heavy (non-hydrogen) atoms. The van der Waals surface area contributed by atoms with Gasteiger partial charge in [0.15, 0.2) is 0 Å². The first kappa shape index (κ1) is 22.1. The Hall–Kier alpha value is -2.13. The molecule has 0 aromatic heterocycles. The minimum atomic E-state index is -3.52. The summed E-state index contributed by atoms with van der Waals surface area (Å²) in [6.07, 6.45) is 3.05. The Labute approximate surface area is 188 Å². The number of ether oxygens (including phenoxy) is 1. The number of anilines is 1. The van der Waals surface area contributed by atoms with E-state index in [1.807, 2.05) is 17.0 Å². The van der Waals surface area contributed by atoms with Crippen molar-refractivity contribution in [2.24, 2.45) is 0 Å². The van der Waals surface area contributed by atoms with Crippen LogP contribution in [0.1, 0.15) is 17.5 Å². The normalized spacial score (nSPS) is 17.4. The van der Waals surface area contributed by atoms with Crippen LogP contribution in [-0.2, 0) is 27.7 Å². The van der Waals surface area contributed by atoms with E-state index in [-0.39, 0.29) is 12.5 Å². The van der Waals surface area contributed by atoms with Crippen LogP contribution in [-0.4, -0.2) is 63.4 Å². The molecule has 0 atom stereocenters. The monoisotopic (exact) mass is 463 g/mol. The predicted octanol–water partition coefficient (Wildman–Crippen LogP) is 2.78. The molecule has 0 radical (unpaired) electrons. The number of aryl methyl sites for hydroxylation is 2. The molecule has 2 aromatic rings. The minimum absolute atomic E-state index is 0.169. The molecule has 1 aliphatic heterocycles. The van der Waals surface area contributed by atoms with Crippen molar-refractivity contribution in [1.82, 2.24) is 9.21 Å². The molecule has 166 valence electrons. The number of carbonyl (C=O) groups is 1. The van der Waals surface area contributed by atoms with Gasteiger partial charge in [-0.15, -0.1) is 0 Å². The number of methoxy groups -OCH3 is 1. The molecule has 2 aromatic carbocycles. The van der Waals surface area contributed by atoms with Gasteiger partial charge in [-0.2, -0.15) is 4.31 Å². The molecule has 1 fully saturated rings. The van der Waals surface area contributed by atoms with Crippen LogP contribution in [0.15, 0.2) is 41.3 Å². The number of sulfonamides is 1. The van der Waals surface area contributed by atoms with Crippen molar-refractivity contribution >= 4 is 33.2 Å². The highest BCUT2D eigenvalue weighted by atomic mass is 35.5. The van der Waals surface area contributed by atoms with Crippen molar-refractivity contribution < 1.29 is 17.9 Å². The van der Waals surface area contributed by atoms with Gasteiger partial charge >= 0.3 is 0 Å². The van der Waals surface area contributed by atoms with Gasteiger partial charge in [-0.05, 0) is 60.7 Å². The number of rotatable bonds is 6. The molecule has 0 bridgehead atoms. The Morgan fingerprint density at radius 3 is 2.55 bits per heavy atom. The van der Waals surface area contributed by atoms with Crippen LogP contribution in [0.25, 0.3) is 0 Å². The van der Waals surface area contributed by atoms with Gasteiger partial charge < -0.3 is 10.1 Å². The van der Waals surface area contributed by atoms with Crippen LogP contribution in [0.2, 0.25) is 5.02 Å². The molecule has 9 heteroatoms. The van der Waals surface area contributed by atoms with E-state index in [1.165, 1.54) is 17.0 Å². The third-order valence-corrected chi connectivity index (χ3v) is 7.97. The SMILES string of the molecule is COc1ccc(Cl)cc1NC(=O)CN1CCN(S(=O)(=O)c2ccc3c(c2)CCC3)CC1. The molecular formula is C22H26ClN3O4S. The van der Waals surface area contributed by atoms with Gasteiger partial charge in [-0.3, -0.25) is 9.69 Å². The Morgan fingerprint density at radius 2 is 1.81 bits per heavy atom. The van der Waals surface area contributed by atoms with Gasteiger partial charge in [0.2, 0.25) is 15.9 Å². The first-order valence-corrected chi connectivity index (χ1v) is 12.2. The third-order valence-electron chi connectivity index (χ3n) is 5.84. The second kappa shape index (κ2) is 9.16. The molecule has 1 N–H and O–H groups in total. The summed E-state index contributed by atoms with van der Waals surface area (Å²) in [5.41, 5.74) is 2.91. The largest absolute Gasteiger partial charge is 0.495 e. The maximum atomic E-state index is 13.1. The minimum Gasteiger partial charge on any atom is -0.495 e. The van der Waals surface area contributed by atoms with Crippen molar-refractivity contribution in [3.63, 3.8) is 0 Å². The van der Waals surface area contributed by atoms with Crippen LogP contribution in [0.3, 0.4) is 0 Å². The second-order valence-corrected chi connectivity index (χ2v) is 10.2. The van der Waals surface area contributed by atoms with E-state index in [0.29, 0.717) is 47.5 Å². The number of benzene rings is 2. The Balaban J connectivity index is 1.34. The number of fused-ring (bicyclic) bond motifs is 1. The van der Waals surface area contributed by atoms with Crippen LogP contribution in [0, 0.1) is 0 Å². The molecule has 0 saturated carbocycles. The molecule has 2 aliphatic rings. The van der Waals surface area contributed by atoms with Gasteiger partial charge in [-0.1, -0.05) is 17.7 Å². The Bertz CT molecular complexity index is 1080. The fourth-order valence-corrected chi connectivity index (χ4v) is 5.80. The lowest BCUT2D eigenvalue weighted by atomic mass is 10.1. The van der Waals surface area contributed by atoms with Crippen LogP contribution in [0.4, 0.5) is 5.69 Å². The predicted molar refractivity (Wildman–Crippen MR) is 120 cm³/mol. The van der Waals surface area contributed by atoms with Gasteiger partial charge in [-0.25, -0.2) is 8.42 Å². The van der Waals surface area contributed by atoms with Crippen LogP contribution >= 0.6 is 11.6 Å². The highest BCUT2D eigenvalue weighted by Crippen LogP contribution is 2.28. The van der Waals surface area contributed by atoms with Crippen LogP contribution < -0.4 is 10.1 Å². The van der Waals surface area contributed by atoms with Crippen molar-refractivity contribution in [3.8, 4) is 5.75 Å². The number of nitrogens with one attached hydrogen (secondary N) is 1. The summed E-state index contributed by atoms with van der Waals surface area (Å²) in [4.78, 5) is 14.8. The third kappa shape index (κ3) is 4.87. The summed E-state index contributed by atoms with van der Waals surface area (Å²) in [7, 11) is -2.00. The maximum Gasteiger partial charge on any atom is 0.243 e. The fraction of sp³-hybridized carbons (Fsp3) is 0.409. The Morgan fingerprint density at radius 1 is 1.06 bits per heavy atom. The van der Waals surface area contributed by atoms with Crippen molar-refractivity contribution in [2.75, 3.05) is 45.2 Å². The van der Waals surface area contributed by atoms with Gasteiger partial charge in [0.25, 0.3) is 0 Å². The van der Waals surface area contributed by atoms with Gasteiger partial charge in [0.05, 0.1) is 24.2 Å². The summed E-state index contributed by atoms with van der Waals surface area (Å²) in [5.74, 6) is 0.332. The quantitative estimate of drug-likeness (QED) is 0.712. The lowest BCUT2D eigenvalue weighted by Gasteiger charge is -2.33. The number of carbonyl (C=O) groups excluding carboxylic acids is 1. The summed E-state index contributed by atoms with van der Waals surface area (Å²) >= 11 is 6.01. The maximum absolute atomic E-state index is 13.1. The standard InChI is InChI=1S/C22H26ClN3O4S/c1-30-21-8-6-18(23)14-20(21)24-22(27)15-25-9-11-26(12-10-25)31(28,29)19-7-5-16-3-2-4-17(16)13-19/h5-8,13-14H,2-4,9-12,15H2,1H3,(H,24,27). The molecular weight excluding hydrogens is 438 g/mol. The fourth-order valence-electron chi connectivity index (χ4n) is 4.16. The van der Waals surface area contributed by atoms with E-state index in [2.05, 4.69) is 5.32 Å². The van der Waals surface area contributed by atoms with Crippen molar-refractivity contribution in [3.05, 3.63) is 52.5 Å². The highest BCUT2D eigenvalue weighted by Gasteiger charge is 2.30. The number of halogens is 1. The number of piperazine rings is 1. The van der Waals surface area contributed by atoms with E-state index in [0.717, 1.165) is 24.8 Å². The van der Waals surface area contributed by atoms with E-state index in [1.54, 1.807) is 24.3 Å². The smallest absolute Gasteiger partial charge is 0.243 e. The van der Waals surface area contributed by atoms with E-state index < -0.39 is 10.0 Å². The average Bonchev–Trinajstić information content (AvgIpc) is 3.22. The number of hydrogen-bond acceptors (Lipinski definition) is 5. The lowest BCUT2D eigenvalue weighted by molar-refractivity contribution is -0.117. The van der Waals surface area contributed by atoms with Crippen molar-refractivity contribution in [1.29, 1.82) is 0 Å². The van der Waals surface area contributed by atoms with E-state index in [4.69, 9.17) is 16.3 Å². The zero-order valence-corrected chi connectivity index (χ0v) is 19.0. The molecule has 1 saturated heterocycles. The molecule has 1 heterocycles. The molecule has 1 amide bonds. The summed E-state index contributed by atoms with van der Waals surface area (Å²) in [5, 5.41) is 3.32. The van der Waals surface area contributed by atoms with Crippen LogP contribution in [0.5, 0.6) is 5.75 Å². The number of hydrogen-bond donors (Lipinski definition) is 1. The Kier molecular flexibility index (Phi) is 6.52. The summed E-state index contributed by atoms with van der Waals surface area (Å²) in [6.45, 7) is 1.86. The molecule has 0 unspecified atom stereocenters. The molecule has 1 aliphatic carbocycles. The molecule has 0 spiro atoms. The lowest BCUT2D eigenvalue weighted by Crippen LogP contribution is -2.50. The first-order valence-electron chi connectivity index (χ1n) is 10.3. The zero-order chi connectivity index (χ0) is 22.0. The van der Waals surface area contributed by atoms with E-state index in [9.17, 15) is 13.2 Å².